The molecule has 0 amide bonds. The van der Waals surface area contributed by atoms with Gasteiger partial charge in [-0.05, 0) is 76.5 Å². The molecule has 0 aromatic heterocycles. The number of hydrogen-bond donors (Lipinski definition) is 1. The Bertz CT molecular complexity index is 599. The minimum absolute atomic E-state index is 0.625. The van der Waals surface area contributed by atoms with Gasteiger partial charge < -0.3 is 9.84 Å². The lowest BCUT2D eigenvalue weighted by Crippen LogP contribution is -2.03. The van der Waals surface area contributed by atoms with E-state index in [1.807, 2.05) is 37.3 Å². The van der Waals surface area contributed by atoms with Crippen LogP contribution in [-0.2, 0) is 0 Å². The number of benzene rings is 2. The SMILES string of the molecule is COc1ccc(C(O)c2cc(Cl)ccc2I)cc1C. The Hall–Kier alpha value is -0.780. The van der Waals surface area contributed by atoms with Crippen molar-refractivity contribution >= 4 is 34.2 Å². The second kappa shape index (κ2) is 6.11. The lowest BCUT2D eigenvalue weighted by Gasteiger charge is -2.15. The Labute approximate surface area is 131 Å². The summed E-state index contributed by atoms with van der Waals surface area (Å²) in [4.78, 5) is 0. The van der Waals surface area contributed by atoms with E-state index in [-0.39, 0.29) is 0 Å². The monoisotopic (exact) mass is 388 g/mol. The van der Waals surface area contributed by atoms with Crippen molar-refractivity contribution in [1.29, 1.82) is 0 Å². The zero-order valence-corrected chi connectivity index (χ0v) is 13.6. The molecule has 1 atom stereocenters. The van der Waals surface area contributed by atoms with Gasteiger partial charge in [0.1, 0.15) is 11.9 Å². The molecule has 0 radical (unpaired) electrons. The molecule has 19 heavy (non-hydrogen) atoms. The van der Waals surface area contributed by atoms with E-state index < -0.39 is 6.10 Å². The fraction of sp³-hybridized carbons (Fsp3) is 0.200. The van der Waals surface area contributed by atoms with Gasteiger partial charge in [0.15, 0.2) is 0 Å². The Morgan fingerprint density at radius 3 is 2.58 bits per heavy atom. The molecular formula is C15H14ClIO2. The first kappa shape index (κ1) is 14.6. The maximum Gasteiger partial charge on any atom is 0.121 e. The second-order valence-corrected chi connectivity index (χ2v) is 5.90. The van der Waals surface area contributed by atoms with Crippen LogP contribution >= 0.6 is 34.2 Å². The van der Waals surface area contributed by atoms with E-state index in [1.165, 1.54) is 0 Å². The molecule has 0 aliphatic rings. The number of ether oxygens (including phenoxy) is 1. The maximum atomic E-state index is 10.5. The molecular weight excluding hydrogens is 375 g/mol. The van der Waals surface area contributed by atoms with Gasteiger partial charge in [-0.15, -0.1) is 0 Å². The third kappa shape index (κ3) is 3.22. The van der Waals surface area contributed by atoms with Crippen molar-refractivity contribution in [2.75, 3.05) is 7.11 Å². The van der Waals surface area contributed by atoms with Gasteiger partial charge in [0.2, 0.25) is 0 Å². The minimum atomic E-state index is -0.685. The van der Waals surface area contributed by atoms with Crippen LogP contribution in [0, 0.1) is 10.5 Å². The van der Waals surface area contributed by atoms with E-state index >= 15 is 0 Å². The van der Waals surface area contributed by atoms with E-state index in [0.29, 0.717) is 5.02 Å². The normalized spacial score (nSPS) is 12.3. The van der Waals surface area contributed by atoms with E-state index in [0.717, 1.165) is 26.0 Å². The van der Waals surface area contributed by atoms with Crippen LogP contribution in [-0.4, -0.2) is 12.2 Å². The largest absolute Gasteiger partial charge is 0.496 e. The van der Waals surface area contributed by atoms with Crippen LogP contribution in [0.5, 0.6) is 5.75 Å². The van der Waals surface area contributed by atoms with Gasteiger partial charge >= 0.3 is 0 Å². The number of halogens is 2. The third-order valence-corrected chi connectivity index (χ3v) is 4.20. The number of rotatable bonds is 3. The van der Waals surface area contributed by atoms with Crippen molar-refractivity contribution in [3.8, 4) is 5.75 Å². The summed E-state index contributed by atoms with van der Waals surface area (Å²) in [5.41, 5.74) is 2.65. The van der Waals surface area contributed by atoms with Gasteiger partial charge in [0.25, 0.3) is 0 Å². The van der Waals surface area contributed by atoms with Gasteiger partial charge in [-0.3, -0.25) is 0 Å². The Balaban J connectivity index is 2.41. The number of hydrogen-bond acceptors (Lipinski definition) is 2. The quantitative estimate of drug-likeness (QED) is 0.793. The summed E-state index contributed by atoms with van der Waals surface area (Å²) < 4.78 is 6.21. The summed E-state index contributed by atoms with van der Waals surface area (Å²) in [7, 11) is 1.64. The predicted octanol–water partition coefficient (Wildman–Crippen LogP) is 4.34. The van der Waals surface area contributed by atoms with Gasteiger partial charge in [0, 0.05) is 8.59 Å². The standard InChI is InChI=1S/C15H14ClIO2/c1-9-7-10(3-6-14(9)19-2)15(18)12-8-11(16)4-5-13(12)17/h3-8,15,18H,1-2H3. The summed E-state index contributed by atoms with van der Waals surface area (Å²) in [5, 5.41) is 11.1. The molecule has 0 fully saturated rings. The summed E-state index contributed by atoms with van der Waals surface area (Å²) in [6.45, 7) is 1.96. The molecule has 0 aliphatic heterocycles. The van der Waals surface area contributed by atoms with Crippen molar-refractivity contribution in [2.45, 2.75) is 13.0 Å². The topological polar surface area (TPSA) is 29.5 Å². The average Bonchev–Trinajstić information content (AvgIpc) is 2.40. The van der Waals surface area contributed by atoms with E-state index in [1.54, 1.807) is 13.2 Å². The van der Waals surface area contributed by atoms with Gasteiger partial charge in [-0.1, -0.05) is 17.7 Å². The van der Waals surface area contributed by atoms with Gasteiger partial charge in [0.05, 0.1) is 7.11 Å². The summed E-state index contributed by atoms with van der Waals surface area (Å²) >= 11 is 8.19. The van der Waals surface area contributed by atoms with Crippen LogP contribution in [0.3, 0.4) is 0 Å². The van der Waals surface area contributed by atoms with E-state index in [2.05, 4.69) is 22.6 Å². The smallest absolute Gasteiger partial charge is 0.121 e. The van der Waals surface area contributed by atoms with Crippen molar-refractivity contribution in [1.82, 2.24) is 0 Å². The molecule has 2 rings (SSSR count). The molecule has 0 bridgehead atoms. The number of aryl methyl sites for hydroxylation is 1. The summed E-state index contributed by atoms with van der Waals surface area (Å²) in [6.07, 6.45) is -0.685. The molecule has 2 nitrogen and oxygen atoms in total. The van der Waals surface area contributed by atoms with Crippen molar-refractivity contribution in [2.24, 2.45) is 0 Å². The Kier molecular flexibility index (Phi) is 4.71. The highest BCUT2D eigenvalue weighted by atomic mass is 127. The third-order valence-electron chi connectivity index (χ3n) is 2.99. The minimum Gasteiger partial charge on any atom is -0.496 e. The molecule has 0 heterocycles. The highest BCUT2D eigenvalue weighted by Crippen LogP contribution is 2.30. The molecule has 0 spiro atoms. The van der Waals surface area contributed by atoms with Crippen LogP contribution < -0.4 is 4.74 Å². The average molecular weight is 389 g/mol. The molecule has 1 N–H and O–H groups in total. The van der Waals surface area contributed by atoms with Crippen LogP contribution in [0.4, 0.5) is 0 Å². The highest BCUT2D eigenvalue weighted by Gasteiger charge is 2.15. The fourth-order valence-corrected chi connectivity index (χ4v) is 2.79. The lowest BCUT2D eigenvalue weighted by molar-refractivity contribution is 0.219. The molecule has 100 valence electrons. The summed E-state index contributed by atoms with van der Waals surface area (Å²) in [5.74, 6) is 0.816. The molecule has 0 saturated heterocycles. The van der Waals surface area contributed by atoms with Crippen LogP contribution in [0.15, 0.2) is 36.4 Å². The maximum absolute atomic E-state index is 10.5. The molecule has 2 aromatic carbocycles. The first-order valence-electron chi connectivity index (χ1n) is 5.80. The first-order chi connectivity index (χ1) is 9.02. The van der Waals surface area contributed by atoms with Crippen LogP contribution in [0.25, 0.3) is 0 Å². The zero-order chi connectivity index (χ0) is 14.0. The van der Waals surface area contributed by atoms with Crippen molar-refractivity contribution in [3.05, 3.63) is 61.7 Å². The predicted molar refractivity (Wildman–Crippen MR) is 86.0 cm³/mol. The second-order valence-electron chi connectivity index (χ2n) is 4.30. The first-order valence-corrected chi connectivity index (χ1v) is 7.26. The molecule has 0 saturated carbocycles. The molecule has 0 aliphatic carbocycles. The Morgan fingerprint density at radius 2 is 1.95 bits per heavy atom. The van der Waals surface area contributed by atoms with Crippen LogP contribution in [0.1, 0.15) is 22.8 Å². The highest BCUT2D eigenvalue weighted by molar-refractivity contribution is 14.1. The van der Waals surface area contributed by atoms with Crippen LogP contribution in [0.2, 0.25) is 5.02 Å². The Morgan fingerprint density at radius 1 is 1.21 bits per heavy atom. The molecule has 4 heteroatoms. The molecule has 1 unspecified atom stereocenters. The lowest BCUT2D eigenvalue weighted by atomic mass is 10.00. The number of methoxy groups -OCH3 is 1. The summed E-state index contributed by atoms with van der Waals surface area (Å²) in [6, 6.07) is 11.2. The van der Waals surface area contributed by atoms with Crippen molar-refractivity contribution < 1.29 is 9.84 Å². The van der Waals surface area contributed by atoms with Crippen molar-refractivity contribution in [3.63, 3.8) is 0 Å². The van der Waals surface area contributed by atoms with Gasteiger partial charge in [-0.25, -0.2) is 0 Å². The van der Waals surface area contributed by atoms with E-state index in [9.17, 15) is 5.11 Å². The van der Waals surface area contributed by atoms with Gasteiger partial charge in [-0.2, -0.15) is 0 Å². The number of aliphatic hydroxyl groups is 1. The fourth-order valence-electron chi connectivity index (χ4n) is 1.98. The molecule has 2 aromatic rings. The number of aliphatic hydroxyl groups excluding tert-OH is 1. The van der Waals surface area contributed by atoms with E-state index in [4.69, 9.17) is 16.3 Å². The zero-order valence-electron chi connectivity index (χ0n) is 10.7.